The van der Waals surface area contributed by atoms with Crippen molar-refractivity contribution >= 4 is 10.8 Å². The van der Waals surface area contributed by atoms with E-state index in [1.54, 1.807) is 12.3 Å². The summed E-state index contributed by atoms with van der Waals surface area (Å²) in [6, 6.07) is 5.40. The summed E-state index contributed by atoms with van der Waals surface area (Å²) in [5.74, 6) is -0.129. The minimum Gasteiger partial charge on any atom is -0.261 e. The van der Waals surface area contributed by atoms with Gasteiger partial charge in [-0.3, -0.25) is 4.98 Å². The van der Waals surface area contributed by atoms with E-state index < -0.39 is 0 Å². The first-order valence-electron chi connectivity index (χ1n) is 4.76. The highest BCUT2D eigenvalue weighted by atomic mass is 19.1. The van der Waals surface area contributed by atoms with Gasteiger partial charge in [0.25, 0.3) is 0 Å². The Morgan fingerprint density at radius 2 is 2.14 bits per heavy atom. The molecule has 1 nitrogen and oxygen atoms in total. The minimum atomic E-state index is -0.129. The molecule has 1 aromatic heterocycles. The Hall–Kier alpha value is -1.44. The van der Waals surface area contributed by atoms with E-state index in [0.717, 1.165) is 28.5 Å². The summed E-state index contributed by atoms with van der Waals surface area (Å²) in [6.45, 7) is 3.85. The topological polar surface area (TPSA) is 12.9 Å². The van der Waals surface area contributed by atoms with E-state index in [2.05, 4.69) is 4.98 Å². The first-order chi connectivity index (χ1) is 6.72. The van der Waals surface area contributed by atoms with Gasteiger partial charge in [0.2, 0.25) is 0 Å². The fourth-order valence-corrected chi connectivity index (χ4v) is 1.66. The van der Waals surface area contributed by atoms with Crippen molar-refractivity contribution in [2.45, 2.75) is 20.3 Å². The molecular formula is C12H12FN. The minimum absolute atomic E-state index is 0.129. The van der Waals surface area contributed by atoms with E-state index >= 15 is 0 Å². The third-order valence-corrected chi connectivity index (χ3v) is 2.51. The van der Waals surface area contributed by atoms with E-state index in [9.17, 15) is 4.39 Å². The van der Waals surface area contributed by atoms with Crippen molar-refractivity contribution < 1.29 is 4.39 Å². The van der Waals surface area contributed by atoms with Gasteiger partial charge in [0.15, 0.2) is 0 Å². The number of pyridine rings is 1. The van der Waals surface area contributed by atoms with Crippen molar-refractivity contribution in [3.8, 4) is 0 Å². The number of halogens is 1. The molecule has 0 unspecified atom stereocenters. The number of fused-ring (bicyclic) bond motifs is 1. The molecule has 1 aromatic carbocycles. The predicted molar refractivity (Wildman–Crippen MR) is 55.8 cm³/mol. The smallest absolute Gasteiger partial charge is 0.127 e. The Morgan fingerprint density at radius 3 is 2.86 bits per heavy atom. The number of nitrogens with zero attached hydrogens (tertiary/aromatic N) is 1. The molecule has 2 rings (SSSR count). The average Bonchev–Trinajstić information content (AvgIpc) is 2.19. The van der Waals surface area contributed by atoms with Gasteiger partial charge in [-0.05, 0) is 42.5 Å². The molecular weight excluding hydrogens is 177 g/mol. The molecule has 2 heteroatoms. The number of benzene rings is 1. The number of rotatable bonds is 1. The van der Waals surface area contributed by atoms with Crippen molar-refractivity contribution in [3.63, 3.8) is 0 Å². The summed E-state index contributed by atoms with van der Waals surface area (Å²) in [5.41, 5.74) is 1.65. The summed E-state index contributed by atoms with van der Waals surface area (Å²) in [6.07, 6.45) is 2.48. The van der Waals surface area contributed by atoms with E-state index in [0.29, 0.717) is 0 Å². The van der Waals surface area contributed by atoms with Crippen LogP contribution in [0.5, 0.6) is 0 Å². The monoisotopic (exact) mass is 189 g/mol. The van der Waals surface area contributed by atoms with Gasteiger partial charge in [0.05, 0.1) is 0 Å². The quantitative estimate of drug-likeness (QED) is 0.671. The van der Waals surface area contributed by atoms with Crippen LogP contribution in [0.4, 0.5) is 4.39 Å². The van der Waals surface area contributed by atoms with E-state index in [1.807, 2.05) is 26.0 Å². The van der Waals surface area contributed by atoms with Crippen LogP contribution in [0.3, 0.4) is 0 Å². The van der Waals surface area contributed by atoms with Crippen LogP contribution < -0.4 is 0 Å². The first kappa shape index (κ1) is 9.13. The second-order valence-corrected chi connectivity index (χ2v) is 3.41. The molecule has 0 aliphatic carbocycles. The highest BCUT2D eigenvalue weighted by Gasteiger charge is 2.04. The van der Waals surface area contributed by atoms with Crippen LogP contribution in [0.1, 0.15) is 18.2 Å². The van der Waals surface area contributed by atoms with Crippen LogP contribution in [-0.4, -0.2) is 4.98 Å². The van der Waals surface area contributed by atoms with Gasteiger partial charge < -0.3 is 0 Å². The number of hydrogen-bond donors (Lipinski definition) is 0. The molecule has 0 aliphatic heterocycles. The largest absolute Gasteiger partial charge is 0.261 e. The van der Waals surface area contributed by atoms with E-state index in [-0.39, 0.29) is 5.82 Å². The molecule has 1 heterocycles. The number of aryl methyl sites for hydroxylation is 2. The molecule has 0 spiro atoms. The molecule has 0 bridgehead atoms. The van der Waals surface area contributed by atoms with Crippen LogP contribution >= 0.6 is 0 Å². The van der Waals surface area contributed by atoms with Gasteiger partial charge in [-0.2, -0.15) is 0 Å². The zero-order valence-electron chi connectivity index (χ0n) is 8.34. The van der Waals surface area contributed by atoms with Crippen LogP contribution in [0, 0.1) is 12.7 Å². The van der Waals surface area contributed by atoms with Crippen LogP contribution in [0.25, 0.3) is 10.8 Å². The normalized spacial score (nSPS) is 10.8. The summed E-state index contributed by atoms with van der Waals surface area (Å²) in [7, 11) is 0. The van der Waals surface area contributed by atoms with Crippen molar-refractivity contribution in [2.24, 2.45) is 0 Å². The first-order valence-corrected chi connectivity index (χ1v) is 4.76. The maximum Gasteiger partial charge on any atom is 0.127 e. The fourth-order valence-electron chi connectivity index (χ4n) is 1.66. The predicted octanol–water partition coefficient (Wildman–Crippen LogP) is 3.24. The van der Waals surface area contributed by atoms with Gasteiger partial charge in [-0.25, -0.2) is 4.39 Å². The lowest BCUT2D eigenvalue weighted by Crippen LogP contribution is -1.90. The molecule has 0 saturated carbocycles. The number of aromatic nitrogens is 1. The number of hydrogen-bond acceptors (Lipinski definition) is 1. The van der Waals surface area contributed by atoms with Crippen molar-refractivity contribution in [2.75, 3.05) is 0 Å². The van der Waals surface area contributed by atoms with Gasteiger partial charge in [-0.1, -0.05) is 6.92 Å². The van der Waals surface area contributed by atoms with E-state index in [1.165, 1.54) is 0 Å². The molecule has 72 valence electrons. The SMILES string of the molecule is CCc1cc2ccnc(C)c2cc1F. The third-order valence-electron chi connectivity index (χ3n) is 2.51. The molecule has 0 N–H and O–H groups in total. The van der Waals surface area contributed by atoms with Crippen molar-refractivity contribution in [1.29, 1.82) is 0 Å². The Bertz CT molecular complexity index is 477. The van der Waals surface area contributed by atoms with E-state index in [4.69, 9.17) is 0 Å². The summed E-state index contributed by atoms with van der Waals surface area (Å²) < 4.78 is 13.5. The molecule has 0 amide bonds. The molecule has 2 aromatic rings. The fraction of sp³-hybridized carbons (Fsp3) is 0.250. The third kappa shape index (κ3) is 1.37. The van der Waals surface area contributed by atoms with Crippen LogP contribution in [-0.2, 0) is 6.42 Å². The van der Waals surface area contributed by atoms with Crippen molar-refractivity contribution in [1.82, 2.24) is 4.98 Å². The Kier molecular flexibility index (Phi) is 2.20. The second-order valence-electron chi connectivity index (χ2n) is 3.41. The van der Waals surface area contributed by atoms with Gasteiger partial charge in [0, 0.05) is 17.3 Å². The molecule has 0 aliphatic rings. The molecule has 0 atom stereocenters. The van der Waals surface area contributed by atoms with Gasteiger partial charge in [-0.15, -0.1) is 0 Å². The van der Waals surface area contributed by atoms with Crippen LogP contribution in [0.2, 0.25) is 0 Å². The molecule has 0 saturated heterocycles. The highest BCUT2D eigenvalue weighted by Crippen LogP contribution is 2.21. The summed E-state index contributed by atoms with van der Waals surface area (Å²) >= 11 is 0. The lowest BCUT2D eigenvalue weighted by Gasteiger charge is -2.04. The summed E-state index contributed by atoms with van der Waals surface area (Å²) in [4.78, 5) is 4.14. The molecule has 0 radical (unpaired) electrons. The Labute approximate surface area is 82.6 Å². The van der Waals surface area contributed by atoms with Gasteiger partial charge in [0.1, 0.15) is 5.82 Å². The molecule has 0 fully saturated rings. The lowest BCUT2D eigenvalue weighted by molar-refractivity contribution is 0.614. The summed E-state index contributed by atoms with van der Waals surface area (Å²) in [5, 5.41) is 1.97. The highest BCUT2D eigenvalue weighted by molar-refractivity contribution is 5.84. The van der Waals surface area contributed by atoms with Crippen molar-refractivity contribution in [3.05, 3.63) is 41.5 Å². The second kappa shape index (κ2) is 3.37. The maximum atomic E-state index is 13.5. The standard InChI is InChI=1S/C12H12FN/c1-3-9-6-10-4-5-14-8(2)11(10)7-12(9)13/h4-7H,3H2,1-2H3. The zero-order valence-corrected chi connectivity index (χ0v) is 8.34. The van der Waals surface area contributed by atoms with Crippen LogP contribution in [0.15, 0.2) is 24.4 Å². The average molecular weight is 189 g/mol. The Morgan fingerprint density at radius 1 is 1.36 bits per heavy atom. The van der Waals surface area contributed by atoms with Gasteiger partial charge >= 0.3 is 0 Å². The molecule has 14 heavy (non-hydrogen) atoms. The Balaban J connectivity index is 2.79. The lowest BCUT2D eigenvalue weighted by atomic mass is 10.0. The maximum absolute atomic E-state index is 13.5. The zero-order chi connectivity index (χ0) is 10.1.